The van der Waals surface area contributed by atoms with E-state index in [9.17, 15) is 0 Å². The molecule has 2 aromatic rings. The molecular weight excluding hydrogens is 242 g/mol. The zero-order valence-electron chi connectivity index (χ0n) is 12.9. The minimum atomic E-state index is 0.757. The second kappa shape index (κ2) is 5.47. The van der Waals surface area contributed by atoms with Crippen LogP contribution < -0.4 is 4.90 Å². The Morgan fingerprint density at radius 3 is 2.25 bits per heavy atom. The van der Waals surface area contributed by atoms with Gasteiger partial charge in [-0.15, -0.1) is 0 Å². The topological polar surface area (TPSA) is 3.24 Å². The number of fused-ring (bicyclic) bond motifs is 1. The lowest BCUT2D eigenvalue weighted by atomic mass is 9.81. The second-order valence-corrected chi connectivity index (χ2v) is 6.38. The number of anilines is 1. The van der Waals surface area contributed by atoms with Crippen molar-refractivity contribution >= 4 is 16.5 Å². The lowest BCUT2D eigenvalue weighted by molar-refractivity contribution is 0.445. The largest absolute Gasteiger partial charge is 0.377 e. The molecule has 0 N–H and O–H groups in total. The van der Waals surface area contributed by atoms with Gasteiger partial charge in [-0.25, -0.2) is 0 Å². The predicted octanol–water partition coefficient (Wildman–Crippen LogP) is 5.26. The van der Waals surface area contributed by atoms with Gasteiger partial charge in [0.25, 0.3) is 0 Å². The second-order valence-electron chi connectivity index (χ2n) is 6.38. The van der Waals surface area contributed by atoms with Crippen LogP contribution in [-0.4, -0.2) is 14.1 Å². The van der Waals surface area contributed by atoms with Gasteiger partial charge in [-0.2, -0.15) is 0 Å². The zero-order valence-corrected chi connectivity index (χ0v) is 12.9. The Hall–Kier alpha value is -1.50. The molecule has 0 amide bonds. The number of hydrogen-bond acceptors (Lipinski definition) is 1. The van der Waals surface area contributed by atoms with Crippen molar-refractivity contribution < 1.29 is 0 Å². The van der Waals surface area contributed by atoms with Crippen molar-refractivity contribution in [2.24, 2.45) is 0 Å². The summed E-state index contributed by atoms with van der Waals surface area (Å²) in [6, 6.07) is 11.4. The van der Waals surface area contributed by atoms with Gasteiger partial charge in [0, 0.05) is 19.8 Å². The maximum Gasteiger partial charge on any atom is 0.0400 e. The van der Waals surface area contributed by atoms with E-state index in [-0.39, 0.29) is 0 Å². The van der Waals surface area contributed by atoms with Crippen LogP contribution in [0, 0.1) is 6.92 Å². The van der Waals surface area contributed by atoms with Gasteiger partial charge < -0.3 is 4.90 Å². The first-order valence-corrected chi connectivity index (χ1v) is 7.88. The molecule has 1 fully saturated rings. The standard InChI is InChI=1S/C19H25N/c1-14-16-11-7-8-12-17(16)18(13-19(14)20(2)3)15-9-5-4-6-10-15/h7-8,11-13,15H,4-6,9-10H2,1-3H3. The molecule has 0 spiro atoms. The highest BCUT2D eigenvalue weighted by Gasteiger charge is 2.20. The molecule has 1 aliphatic carbocycles. The van der Waals surface area contributed by atoms with Gasteiger partial charge in [0.15, 0.2) is 0 Å². The van der Waals surface area contributed by atoms with Gasteiger partial charge in [-0.1, -0.05) is 43.5 Å². The Kier molecular flexibility index (Phi) is 3.69. The molecule has 106 valence electrons. The van der Waals surface area contributed by atoms with E-state index in [0.29, 0.717) is 0 Å². The fourth-order valence-corrected chi connectivity index (χ4v) is 3.75. The van der Waals surface area contributed by atoms with Gasteiger partial charge in [-0.05, 0) is 53.6 Å². The SMILES string of the molecule is Cc1c(N(C)C)cc(C2CCCCC2)c2ccccc12. The van der Waals surface area contributed by atoms with Gasteiger partial charge in [0.05, 0.1) is 0 Å². The van der Waals surface area contributed by atoms with Crippen molar-refractivity contribution in [1.82, 2.24) is 0 Å². The Morgan fingerprint density at radius 2 is 1.60 bits per heavy atom. The first-order valence-electron chi connectivity index (χ1n) is 7.88. The van der Waals surface area contributed by atoms with E-state index in [0.717, 1.165) is 5.92 Å². The fourth-order valence-electron chi connectivity index (χ4n) is 3.75. The summed E-state index contributed by atoms with van der Waals surface area (Å²) >= 11 is 0. The van der Waals surface area contributed by atoms with Crippen LogP contribution in [0.3, 0.4) is 0 Å². The number of aryl methyl sites for hydroxylation is 1. The van der Waals surface area contributed by atoms with Crippen LogP contribution in [0.15, 0.2) is 30.3 Å². The molecule has 0 radical (unpaired) electrons. The molecule has 0 atom stereocenters. The average Bonchev–Trinajstić information content (AvgIpc) is 2.48. The number of nitrogens with zero attached hydrogens (tertiary/aromatic N) is 1. The van der Waals surface area contributed by atoms with Crippen LogP contribution >= 0.6 is 0 Å². The van der Waals surface area contributed by atoms with Crippen LogP contribution in [0.25, 0.3) is 10.8 Å². The summed E-state index contributed by atoms with van der Waals surface area (Å²) in [4.78, 5) is 2.26. The summed E-state index contributed by atoms with van der Waals surface area (Å²) in [5, 5.41) is 2.90. The molecule has 2 aromatic carbocycles. The third-order valence-electron chi connectivity index (χ3n) is 4.85. The Morgan fingerprint density at radius 1 is 0.950 bits per heavy atom. The minimum absolute atomic E-state index is 0.757. The first kappa shape index (κ1) is 13.5. The average molecular weight is 267 g/mol. The Bertz CT molecular complexity index is 606. The van der Waals surface area contributed by atoms with Gasteiger partial charge in [0.1, 0.15) is 0 Å². The highest BCUT2D eigenvalue weighted by Crippen LogP contribution is 2.40. The Labute approximate surface area is 122 Å². The molecular formula is C19H25N. The summed E-state index contributed by atoms with van der Waals surface area (Å²) in [6.07, 6.45) is 6.93. The number of hydrogen-bond donors (Lipinski definition) is 0. The summed E-state index contributed by atoms with van der Waals surface area (Å²) in [7, 11) is 4.31. The Balaban J connectivity index is 2.21. The predicted molar refractivity (Wildman–Crippen MR) is 88.8 cm³/mol. The van der Waals surface area contributed by atoms with Crippen LogP contribution in [0.1, 0.15) is 49.1 Å². The normalized spacial score (nSPS) is 16.6. The molecule has 20 heavy (non-hydrogen) atoms. The van der Waals surface area contributed by atoms with E-state index < -0.39 is 0 Å². The quantitative estimate of drug-likeness (QED) is 0.717. The third-order valence-corrected chi connectivity index (χ3v) is 4.85. The molecule has 1 saturated carbocycles. The lowest BCUT2D eigenvalue weighted by Gasteiger charge is -2.27. The first-order chi connectivity index (χ1) is 9.68. The molecule has 0 bridgehead atoms. The molecule has 1 nitrogen and oxygen atoms in total. The summed E-state index contributed by atoms with van der Waals surface area (Å²) < 4.78 is 0. The summed E-state index contributed by atoms with van der Waals surface area (Å²) in [6.45, 7) is 2.25. The highest BCUT2D eigenvalue weighted by atomic mass is 15.1. The van der Waals surface area contributed by atoms with Gasteiger partial charge >= 0.3 is 0 Å². The fraction of sp³-hybridized carbons (Fsp3) is 0.474. The van der Waals surface area contributed by atoms with Gasteiger partial charge in [0.2, 0.25) is 0 Å². The van der Waals surface area contributed by atoms with Crippen LogP contribution in [0.4, 0.5) is 5.69 Å². The molecule has 3 rings (SSSR count). The third kappa shape index (κ3) is 2.30. The smallest absolute Gasteiger partial charge is 0.0400 e. The van der Waals surface area contributed by atoms with E-state index in [1.807, 2.05) is 0 Å². The molecule has 1 heteroatoms. The van der Waals surface area contributed by atoms with Crippen LogP contribution in [0.5, 0.6) is 0 Å². The number of benzene rings is 2. The monoisotopic (exact) mass is 267 g/mol. The maximum absolute atomic E-state index is 2.45. The zero-order chi connectivity index (χ0) is 14.1. The van der Waals surface area contributed by atoms with E-state index in [1.54, 1.807) is 5.56 Å². The minimum Gasteiger partial charge on any atom is -0.377 e. The highest BCUT2D eigenvalue weighted by molar-refractivity contribution is 5.93. The van der Waals surface area contributed by atoms with E-state index >= 15 is 0 Å². The van der Waals surface area contributed by atoms with Crippen molar-refractivity contribution in [3.63, 3.8) is 0 Å². The molecule has 0 aromatic heterocycles. The van der Waals surface area contributed by atoms with Crippen molar-refractivity contribution in [3.05, 3.63) is 41.5 Å². The van der Waals surface area contributed by atoms with Gasteiger partial charge in [-0.3, -0.25) is 0 Å². The molecule has 1 aliphatic rings. The van der Waals surface area contributed by atoms with Crippen LogP contribution in [-0.2, 0) is 0 Å². The molecule has 0 heterocycles. The van der Waals surface area contributed by atoms with Crippen molar-refractivity contribution in [3.8, 4) is 0 Å². The molecule has 0 unspecified atom stereocenters. The van der Waals surface area contributed by atoms with Crippen LogP contribution in [0.2, 0.25) is 0 Å². The summed E-state index contributed by atoms with van der Waals surface area (Å²) in [5.74, 6) is 0.757. The number of rotatable bonds is 2. The van der Waals surface area contributed by atoms with Crippen molar-refractivity contribution in [2.45, 2.75) is 44.9 Å². The van der Waals surface area contributed by atoms with Crippen molar-refractivity contribution in [1.29, 1.82) is 0 Å². The summed E-state index contributed by atoms with van der Waals surface area (Å²) in [5.41, 5.74) is 4.36. The van der Waals surface area contributed by atoms with Crippen molar-refractivity contribution in [2.75, 3.05) is 19.0 Å². The van der Waals surface area contributed by atoms with E-state index in [2.05, 4.69) is 56.3 Å². The molecule has 0 saturated heterocycles. The lowest BCUT2D eigenvalue weighted by Crippen LogP contribution is -2.13. The maximum atomic E-state index is 2.45. The van der Waals surface area contributed by atoms with E-state index in [4.69, 9.17) is 0 Å². The van der Waals surface area contributed by atoms with E-state index in [1.165, 1.54) is 54.1 Å². The molecule has 0 aliphatic heterocycles.